The largest absolute Gasteiger partial charge is 0.480 e. The SMILES string of the molecule is Cc1cccc(F)c1C(=O)N[C@@H](Cc1cccc2c(-c3ncc(CN4CCC(F)(F)CC4)c4ccccc34)cccc12)C(=O)O. The van der Waals surface area contributed by atoms with Crippen LogP contribution in [0.3, 0.4) is 0 Å². The van der Waals surface area contributed by atoms with Crippen molar-refractivity contribution >= 4 is 33.4 Å². The van der Waals surface area contributed by atoms with E-state index in [1.54, 1.807) is 13.0 Å². The number of halogens is 3. The second-order valence-electron chi connectivity index (χ2n) is 11.6. The highest BCUT2D eigenvalue weighted by atomic mass is 19.3. The Morgan fingerprint density at radius 1 is 0.889 bits per heavy atom. The molecule has 1 aromatic heterocycles. The van der Waals surface area contributed by atoms with E-state index in [9.17, 15) is 27.9 Å². The van der Waals surface area contributed by atoms with E-state index in [4.69, 9.17) is 4.98 Å². The molecule has 0 aliphatic carbocycles. The van der Waals surface area contributed by atoms with Crippen molar-refractivity contribution in [1.29, 1.82) is 0 Å². The number of piperidine rings is 1. The minimum Gasteiger partial charge on any atom is -0.480 e. The van der Waals surface area contributed by atoms with Crippen molar-refractivity contribution in [2.75, 3.05) is 13.1 Å². The van der Waals surface area contributed by atoms with Crippen LogP contribution in [0, 0.1) is 12.7 Å². The van der Waals surface area contributed by atoms with Crippen LogP contribution in [0.2, 0.25) is 0 Å². The van der Waals surface area contributed by atoms with Crippen LogP contribution in [0.1, 0.15) is 39.9 Å². The van der Waals surface area contributed by atoms with Gasteiger partial charge in [-0.2, -0.15) is 0 Å². The number of aryl methyl sites for hydroxylation is 1. The number of rotatable bonds is 8. The number of likely N-dealkylation sites (tertiary alicyclic amines) is 1. The number of alkyl halides is 2. The van der Waals surface area contributed by atoms with Crippen molar-refractivity contribution in [3.8, 4) is 11.3 Å². The van der Waals surface area contributed by atoms with Crippen LogP contribution in [0.15, 0.2) is 85.1 Å². The van der Waals surface area contributed by atoms with Crippen LogP contribution < -0.4 is 5.32 Å². The molecular weight excluding hydrogens is 579 g/mol. The summed E-state index contributed by atoms with van der Waals surface area (Å²) in [6, 6.07) is 22.2. The fourth-order valence-electron chi connectivity index (χ4n) is 6.20. The van der Waals surface area contributed by atoms with E-state index in [0.29, 0.717) is 30.8 Å². The highest BCUT2D eigenvalue weighted by Crippen LogP contribution is 2.36. The van der Waals surface area contributed by atoms with Gasteiger partial charge in [0.05, 0.1) is 11.3 Å². The first kappa shape index (κ1) is 30.3. The topological polar surface area (TPSA) is 82.5 Å². The van der Waals surface area contributed by atoms with E-state index in [-0.39, 0.29) is 24.8 Å². The van der Waals surface area contributed by atoms with Gasteiger partial charge in [-0.05, 0) is 45.8 Å². The molecule has 0 unspecified atom stereocenters. The first-order valence-corrected chi connectivity index (χ1v) is 14.9. The minimum absolute atomic E-state index is 0.0165. The van der Waals surface area contributed by atoms with Gasteiger partial charge in [-0.25, -0.2) is 18.0 Å². The summed E-state index contributed by atoms with van der Waals surface area (Å²) in [5.74, 6) is -5.34. The fourth-order valence-corrected chi connectivity index (χ4v) is 6.20. The molecule has 1 aliphatic heterocycles. The maximum absolute atomic E-state index is 14.4. The number of amides is 1. The summed E-state index contributed by atoms with van der Waals surface area (Å²) in [7, 11) is 0. The second kappa shape index (κ2) is 12.3. The second-order valence-corrected chi connectivity index (χ2v) is 11.6. The zero-order valence-electron chi connectivity index (χ0n) is 24.7. The molecule has 6 rings (SSSR count). The molecule has 1 amide bonds. The van der Waals surface area contributed by atoms with Crippen LogP contribution >= 0.6 is 0 Å². The number of fused-ring (bicyclic) bond motifs is 2. The molecule has 2 N–H and O–H groups in total. The van der Waals surface area contributed by atoms with Gasteiger partial charge in [0.2, 0.25) is 0 Å². The Kier molecular flexibility index (Phi) is 8.29. The number of carboxylic acids is 1. The van der Waals surface area contributed by atoms with E-state index in [1.165, 1.54) is 12.1 Å². The van der Waals surface area contributed by atoms with Gasteiger partial charge < -0.3 is 10.4 Å². The fraction of sp³-hybridized carbons (Fsp3) is 0.250. The van der Waals surface area contributed by atoms with E-state index < -0.39 is 29.7 Å². The lowest BCUT2D eigenvalue weighted by Crippen LogP contribution is -2.42. The summed E-state index contributed by atoms with van der Waals surface area (Å²) in [4.78, 5) is 32.1. The van der Waals surface area contributed by atoms with Crippen LogP contribution in [-0.2, 0) is 17.8 Å². The Bertz CT molecular complexity index is 1900. The van der Waals surface area contributed by atoms with Crippen molar-refractivity contribution < 1.29 is 27.9 Å². The molecule has 0 saturated carbocycles. The molecule has 0 spiro atoms. The quantitative estimate of drug-likeness (QED) is 0.195. The number of carbonyl (C=O) groups is 2. The molecule has 1 fully saturated rings. The number of pyridine rings is 1. The zero-order valence-corrected chi connectivity index (χ0v) is 24.7. The highest BCUT2D eigenvalue weighted by molar-refractivity contribution is 6.05. The van der Waals surface area contributed by atoms with Crippen molar-refractivity contribution in [2.45, 2.75) is 44.7 Å². The molecule has 2 heterocycles. The van der Waals surface area contributed by atoms with E-state index in [2.05, 4.69) is 5.32 Å². The van der Waals surface area contributed by atoms with Crippen molar-refractivity contribution in [2.24, 2.45) is 0 Å². The number of carboxylic acid groups (broad SMARTS) is 1. The molecule has 9 heteroatoms. The lowest BCUT2D eigenvalue weighted by atomic mass is 9.92. The van der Waals surface area contributed by atoms with Gasteiger partial charge in [0.15, 0.2) is 0 Å². The summed E-state index contributed by atoms with van der Waals surface area (Å²) >= 11 is 0. The average Bonchev–Trinajstić information content (AvgIpc) is 3.01. The summed E-state index contributed by atoms with van der Waals surface area (Å²) in [6.07, 6.45) is 1.50. The summed E-state index contributed by atoms with van der Waals surface area (Å²) in [6.45, 7) is 2.77. The van der Waals surface area contributed by atoms with E-state index >= 15 is 0 Å². The molecule has 4 aromatic carbocycles. The molecule has 230 valence electrons. The van der Waals surface area contributed by atoms with Crippen LogP contribution in [0.5, 0.6) is 0 Å². The van der Waals surface area contributed by atoms with Crippen LogP contribution in [0.25, 0.3) is 32.8 Å². The Morgan fingerprint density at radius 2 is 1.53 bits per heavy atom. The number of carbonyl (C=O) groups excluding carboxylic acids is 1. The third-order valence-corrected chi connectivity index (χ3v) is 8.60. The zero-order chi connectivity index (χ0) is 31.7. The lowest BCUT2D eigenvalue weighted by Gasteiger charge is -2.31. The van der Waals surface area contributed by atoms with Crippen molar-refractivity contribution in [3.63, 3.8) is 0 Å². The number of aromatic nitrogens is 1. The molecule has 1 atom stereocenters. The van der Waals surface area contributed by atoms with Gasteiger partial charge in [-0.1, -0.05) is 72.8 Å². The van der Waals surface area contributed by atoms with Crippen molar-refractivity contribution in [3.05, 3.63) is 113 Å². The minimum atomic E-state index is -2.61. The van der Waals surface area contributed by atoms with Gasteiger partial charge in [0, 0.05) is 56.0 Å². The normalized spacial score (nSPS) is 15.6. The Hall–Kier alpha value is -4.76. The number of nitrogens with zero attached hydrogens (tertiary/aromatic N) is 2. The Labute approximate surface area is 258 Å². The summed E-state index contributed by atoms with van der Waals surface area (Å²) < 4.78 is 41.9. The predicted molar refractivity (Wildman–Crippen MR) is 168 cm³/mol. The average molecular weight is 612 g/mol. The molecule has 1 aliphatic rings. The molecule has 5 aromatic rings. The number of hydrogen-bond acceptors (Lipinski definition) is 4. The Morgan fingerprint density at radius 3 is 2.27 bits per heavy atom. The molecule has 0 bridgehead atoms. The molecule has 0 radical (unpaired) electrons. The maximum Gasteiger partial charge on any atom is 0.326 e. The van der Waals surface area contributed by atoms with Gasteiger partial charge in [0.1, 0.15) is 11.9 Å². The van der Waals surface area contributed by atoms with Crippen LogP contribution in [0.4, 0.5) is 13.2 Å². The third-order valence-electron chi connectivity index (χ3n) is 8.60. The predicted octanol–water partition coefficient (Wildman–Crippen LogP) is 7.16. The number of hydrogen-bond donors (Lipinski definition) is 2. The lowest BCUT2D eigenvalue weighted by molar-refractivity contribution is -0.139. The monoisotopic (exact) mass is 611 g/mol. The maximum atomic E-state index is 14.4. The standard InChI is InChI=1S/C36H32F3N3O3/c1-22-7-4-14-30(37)32(22)34(43)41-31(35(44)45)19-23-8-5-12-27-25(23)11-6-13-29(27)33-28-10-3-2-9-26(28)24(20-40-33)21-42-17-15-36(38,39)16-18-42/h2-14,20,31H,15-19,21H2,1H3,(H,41,43)(H,44,45)/t31-/m0/s1. The van der Waals surface area contributed by atoms with Gasteiger partial charge in [-0.15, -0.1) is 0 Å². The summed E-state index contributed by atoms with van der Waals surface area (Å²) in [5, 5.41) is 16.1. The smallest absolute Gasteiger partial charge is 0.326 e. The molecule has 1 saturated heterocycles. The number of aliphatic carboxylic acids is 1. The molecular formula is C36H32F3N3O3. The number of nitrogens with one attached hydrogen (secondary N) is 1. The van der Waals surface area contributed by atoms with Gasteiger partial charge in [-0.3, -0.25) is 14.7 Å². The number of benzene rings is 4. The highest BCUT2D eigenvalue weighted by Gasteiger charge is 2.34. The first-order valence-electron chi connectivity index (χ1n) is 14.9. The summed E-state index contributed by atoms with van der Waals surface area (Å²) in [5.41, 5.74) is 3.51. The van der Waals surface area contributed by atoms with Crippen molar-refractivity contribution in [1.82, 2.24) is 15.2 Å². The first-order chi connectivity index (χ1) is 21.6. The van der Waals surface area contributed by atoms with Gasteiger partial charge in [0.25, 0.3) is 11.8 Å². The third kappa shape index (κ3) is 6.26. The van der Waals surface area contributed by atoms with E-state index in [0.717, 1.165) is 38.4 Å². The Balaban J connectivity index is 1.33. The molecule has 45 heavy (non-hydrogen) atoms. The molecule has 6 nitrogen and oxygen atoms in total. The van der Waals surface area contributed by atoms with Gasteiger partial charge >= 0.3 is 5.97 Å². The van der Waals surface area contributed by atoms with E-state index in [1.807, 2.05) is 71.8 Å². The van der Waals surface area contributed by atoms with Crippen LogP contribution in [-0.4, -0.2) is 51.9 Å².